The van der Waals surface area contributed by atoms with Crippen LogP contribution in [-0.2, 0) is 0 Å². The van der Waals surface area contributed by atoms with Crippen LogP contribution in [0.5, 0.6) is 0 Å². The highest BCUT2D eigenvalue weighted by Gasteiger charge is 1.94. The van der Waals surface area contributed by atoms with Crippen LogP contribution in [0, 0.1) is 5.92 Å². The van der Waals surface area contributed by atoms with Gasteiger partial charge in [0.25, 0.3) is 0 Å². The predicted molar refractivity (Wildman–Crippen MR) is 36.5 cm³/mol. The molecule has 0 saturated heterocycles. The number of hydrogen-bond acceptors (Lipinski definition) is 1. The SMILES string of the molecule is C=C=CC(CC)CN. The van der Waals surface area contributed by atoms with Gasteiger partial charge >= 0.3 is 0 Å². The van der Waals surface area contributed by atoms with Gasteiger partial charge in [0.2, 0.25) is 0 Å². The normalized spacial score (nSPS) is 12.2. The van der Waals surface area contributed by atoms with E-state index in [1.807, 2.05) is 6.08 Å². The third-order valence-electron chi connectivity index (χ3n) is 1.18. The lowest BCUT2D eigenvalue weighted by Gasteiger charge is -2.01. The summed E-state index contributed by atoms with van der Waals surface area (Å²) in [7, 11) is 0. The number of rotatable bonds is 3. The van der Waals surface area contributed by atoms with Crippen LogP contribution in [0.15, 0.2) is 18.4 Å². The molecule has 2 N–H and O–H groups in total. The highest BCUT2D eigenvalue weighted by Crippen LogP contribution is 1.98. The maximum Gasteiger partial charge on any atom is -0.000816 e. The predicted octanol–water partition coefficient (Wildman–Crippen LogP) is 1.31. The minimum atomic E-state index is 0.479. The van der Waals surface area contributed by atoms with Crippen molar-refractivity contribution in [2.45, 2.75) is 13.3 Å². The molecule has 46 valence electrons. The van der Waals surface area contributed by atoms with Gasteiger partial charge in [0.05, 0.1) is 0 Å². The molecular formula is C7H13N. The minimum absolute atomic E-state index is 0.479. The maximum atomic E-state index is 5.37. The van der Waals surface area contributed by atoms with E-state index in [1.165, 1.54) is 0 Å². The van der Waals surface area contributed by atoms with Gasteiger partial charge in [0, 0.05) is 0 Å². The molecule has 0 aromatic heterocycles. The fourth-order valence-electron chi connectivity index (χ4n) is 0.519. The van der Waals surface area contributed by atoms with Crippen molar-refractivity contribution < 1.29 is 0 Å². The quantitative estimate of drug-likeness (QED) is 0.546. The van der Waals surface area contributed by atoms with Gasteiger partial charge in [0.1, 0.15) is 0 Å². The molecule has 0 heterocycles. The van der Waals surface area contributed by atoms with Crippen LogP contribution >= 0.6 is 0 Å². The van der Waals surface area contributed by atoms with Gasteiger partial charge in [0.15, 0.2) is 0 Å². The summed E-state index contributed by atoms with van der Waals surface area (Å²) in [6, 6.07) is 0. The largest absolute Gasteiger partial charge is 0.330 e. The molecule has 0 saturated carbocycles. The second kappa shape index (κ2) is 4.63. The van der Waals surface area contributed by atoms with Gasteiger partial charge in [-0.15, -0.1) is 5.73 Å². The average Bonchev–Trinajstić information content (AvgIpc) is 1.83. The van der Waals surface area contributed by atoms with E-state index in [4.69, 9.17) is 5.73 Å². The Balaban J connectivity index is 3.52. The van der Waals surface area contributed by atoms with Crippen molar-refractivity contribution in [1.29, 1.82) is 0 Å². The lowest BCUT2D eigenvalue weighted by molar-refractivity contribution is 0.640. The fraction of sp³-hybridized carbons (Fsp3) is 0.571. The van der Waals surface area contributed by atoms with E-state index in [9.17, 15) is 0 Å². The summed E-state index contributed by atoms with van der Waals surface area (Å²) < 4.78 is 0. The molecule has 1 unspecified atom stereocenters. The zero-order valence-electron chi connectivity index (χ0n) is 5.35. The smallest absolute Gasteiger partial charge is 0.000816 e. The Bertz CT molecular complexity index is 86.6. The van der Waals surface area contributed by atoms with Crippen LogP contribution in [0.2, 0.25) is 0 Å². The Morgan fingerprint density at radius 2 is 2.50 bits per heavy atom. The molecule has 0 aliphatic heterocycles. The van der Waals surface area contributed by atoms with Crippen LogP contribution < -0.4 is 5.73 Å². The lowest BCUT2D eigenvalue weighted by atomic mass is 10.1. The first kappa shape index (κ1) is 7.48. The minimum Gasteiger partial charge on any atom is -0.330 e. The monoisotopic (exact) mass is 111 g/mol. The van der Waals surface area contributed by atoms with Gasteiger partial charge < -0.3 is 5.73 Å². The fourth-order valence-corrected chi connectivity index (χ4v) is 0.519. The molecule has 0 aliphatic rings. The van der Waals surface area contributed by atoms with E-state index in [0.717, 1.165) is 6.42 Å². The van der Waals surface area contributed by atoms with Crippen molar-refractivity contribution in [3.63, 3.8) is 0 Å². The second-order valence-corrected chi connectivity index (χ2v) is 1.77. The Hall–Kier alpha value is -0.520. The zero-order valence-corrected chi connectivity index (χ0v) is 5.35. The van der Waals surface area contributed by atoms with Crippen LogP contribution in [0.4, 0.5) is 0 Å². The van der Waals surface area contributed by atoms with Gasteiger partial charge in [-0.05, 0) is 25.0 Å². The number of nitrogens with two attached hydrogens (primary N) is 1. The van der Waals surface area contributed by atoms with Crippen molar-refractivity contribution in [1.82, 2.24) is 0 Å². The topological polar surface area (TPSA) is 26.0 Å². The summed E-state index contributed by atoms with van der Waals surface area (Å²) >= 11 is 0. The van der Waals surface area contributed by atoms with Crippen LogP contribution in [0.1, 0.15) is 13.3 Å². The Morgan fingerprint density at radius 1 is 1.88 bits per heavy atom. The molecule has 0 aliphatic carbocycles. The molecule has 0 amide bonds. The second-order valence-electron chi connectivity index (χ2n) is 1.77. The molecule has 0 aromatic carbocycles. The summed E-state index contributed by atoms with van der Waals surface area (Å²) in [5, 5.41) is 0. The van der Waals surface area contributed by atoms with Crippen molar-refractivity contribution in [3.8, 4) is 0 Å². The first-order valence-electron chi connectivity index (χ1n) is 2.91. The van der Waals surface area contributed by atoms with Crippen molar-refractivity contribution in [2.75, 3.05) is 6.54 Å². The average molecular weight is 111 g/mol. The Kier molecular flexibility index (Phi) is 4.33. The molecule has 0 bridgehead atoms. The van der Waals surface area contributed by atoms with Crippen molar-refractivity contribution >= 4 is 0 Å². The van der Waals surface area contributed by atoms with Crippen LogP contribution in [-0.4, -0.2) is 6.54 Å². The van der Waals surface area contributed by atoms with E-state index in [1.54, 1.807) is 0 Å². The van der Waals surface area contributed by atoms with Crippen molar-refractivity contribution in [2.24, 2.45) is 11.7 Å². The Morgan fingerprint density at radius 3 is 2.62 bits per heavy atom. The van der Waals surface area contributed by atoms with E-state index < -0.39 is 0 Å². The molecule has 8 heavy (non-hydrogen) atoms. The molecule has 0 radical (unpaired) electrons. The summed E-state index contributed by atoms with van der Waals surface area (Å²) in [6.07, 6.45) is 3.00. The third kappa shape index (κ3) is 2.62. The van der Waals surface area contributed by atoms with E-state index in [-0.39, 0.29) is 0 Å². The van der Waals surface area contributed by atoms with Gasteiger partial charge in [-0.25, -0.2) is 0 Å². The molecule has 1 heteroatoms. The molecule has 0 aromatic rings. The van der Waals surface area contributed by atoms with Crippen molar-refractivity contribution in [3.05, 3.63) is 18.4 Å². The van der Waals surface area contributed by atoms with E-state index in [2.05, 4.69) is 19.2 Å². The Labute approximate surface area is 50.9 Å². The highest BCUT2D eigenvalue weighted by molar-refractivity contribution is 4.83. The third-order valence-corrected chi connectivity index (χ3v) is 1.18. The zero-order chi connectivity index (χ0) is 6.41. The molecule has 1 nitrogen and oxygen atoms in total. The summed E-state index contributed by atoms with van der Waals surface area (Å²) in [5.74, 6) is 0.479. The van der Waals surface area contributed by atoms with E-state index >= 15 is 0 Å². The standard InChI is InChI=1S/C7H13N/c1-3-5-7(4-2)6-8/h5,7H,1,4,6,8H2,2H3. The summed E-state index contributed by atoms with van der Waals surface area (Å²) in [4.78, 5) is 0. The molecule has 0 fully saturated rings. The molecule has 0 spiro atoms. The maximum absolute atomic E-state index is 5.37. The first-order valence-corrected chi connectivity index (χ1v) is 2.91. The first-order chi connectivity index (χ1) is 3.85. The summed E-state index contributed by atoms with van der Waals surface area (Å²) in [5.41, 5.74) is 8.08. The summed E-state index contributed by atoms with van der Waals surface area (Å²) in [6.45, 7) is 6.27. The lowest BCUT2D eigenvalue weighted by Crippen LogP contribution is -2.09. The molecule has 1 atom stereocenters. The highest BCUT2D eigenvalue weighted by atomic mass is 14.5. The van der Waals surface area contributed by atoms with Crippen LogP contribution in [0.25, 0.3) is 0 Å². The van der Waals surface area contributed by atoms with Gasteiger partial charge in [-0.1, -0.05) is 13.5 Å². The molecule has 0 rings (SSSR count). The van der Waals surface area contributed by atoms with Crippen LogP contribution in [0.3, 0.4) is 0 Å². The van der Waals surface area contributed by atoms with E-state index in [0.29, 0.717) is 12.5 Å². The molecular weight excluding hydrogens is 98.1 g/mol. The van der Waals surface area contributed by atoms with Gasteiger partial charge in [-0.2, -0.15) is 0 Å². The van der Waals surface area contributed by atoms with Gasteiger partial charge in [-0.3, -0.25) is 0 Å². The number of hydrogen-bond donors (Lipinski definition) is 1.